The number of aliphatic hydroxyl groups is 1. The van der Waals surface area contributed by atoms with Crippen LogP contribution in [0.25, 0.3) is 0 Å². The van der Waals surface area contributed by atoms with E-state index in [0.717, 1.165) is 11.3 Å². The summed E-state index contributed by atoms with van der Waals surface area (Å²) in [7, 11) is 1.63. The average Bonchev–Trinajstić information content (AvgIpc) is 2.39. The molecule has 0 unspecified atom stereocenters. The molecule has 94 valence electrons. The van der Waals surface area contributed by atoms with Crippen molar-refractivity contribution < 1.29 is 19.3 Å². The summed E-state index contributed by atoms with van der Waals surface area (Å²) in [6.07, 6.45) is -0.551. The maximum Gasteiger partial charge on any atom is 0.184 e. The molecule has 1 aromatic carbocycles. The molecule has 0 aliphatic carbocycles. The van der Waals surface area contributed by atoms with Gasteiger partial charge in [-0.15, -0.1) is 0 Å². The summed E-state index contributed by atoms with van der Waals surface area (Å²) < 4.78 is 16.4. The summed E-state index contributed by atoms with van der Waals surface area (Å²) in [4.78, 5) is 0. The highest BCUT2D eigenvalue weighted by molar-refractivity contribution is 5.27. The van der Waals surface area contributed by atoms with E-state index in [1.165, 1.54) is 0 Å². The first kappa shape index (κ1) is 12.4. The van der Waals surface area contributed by atoms with E-state index in [0.29, 0.717) is 6.61 Å². The minimum atomic E-state index is -0.394. The number of methoxy groups -OCH3 is 1. The van der Waals surface area contributed by atoms with Crippen LogP contribution in [0.2, 0.25) is 0 Å². The van der Waals surface area contributed by atoms with Crippen LogP contribution in [-0.4, -0.2) is 31.5 Å². The van der Waals surface area contributed by atoms with Crippen LogP contribution in [0.5, 0.6) is 5.75 Å². The molecule has 4 heteroatoms. The third-order valence-corrected chi connectivity index (χ3v) is 3.01. The standard InChI is InChI=1S/C13H18O4/c1-9-8-16-13(17-12(9)7-14)10-3-5-11(15-2)6-4-10/h3-6,9,12-14H,7-8H2,1-2H3/t9-,12+,13-/m0/s1. The van der Waals surface area contributed by atoms with Crippen molar-refractivity contribution in [1.82, 2.24) is 0 Å². The smallest absolute Gasteiger partial charge is 0.184 e. The number of benzene rings is 1. The Morgan fingerprint density at radius 2 is 2.06 bits per heavy atom. The number of ether oxygens (including phenoxy) is 3. The Hall–Kier alpha value is -1.10. The van der Waals surface area contributed by atoms with Crippen molar-refractivity contribution >= 4 is 0 Å². The molecule has 1 saturated heterocycles. The Morgan fingerprint density at radius 1 is 1.35 bits per heavy atom. The second-order valence-electron chi connectivity index (χ2n) is 4.27. The molecule has 0 spiro atoms. The van der Waals surface area contributed by atoms with Crippen LogP contribution in [0, 0.1) is 5.92 Å². The van der Waals surface area contributed by atoms with Gasteiger partial charge in [0, 0.05) is 11.5 Å². The van der Waals surface area contributed by atoms with Crippen molar-refractivity contribution in [3.63, 3.8) is 0 Å². The zero-order valence-electron chi connectivity index (χ0n) is 10.1. The highest BCUT2D eigenvalue weighted by atomic mass is 16.7. The first-order valence-electron chi connectivity index (χ1n) is 5.76. The molecule has 1 heterocycles. The fourth-order valence-corrected chi connectivity index (χ4v) is 1.84. The maximum atomic E-state index is 9.21. The molecular formula is C13H18O4. The van der Waals surface area contributed by atoms with E-state index in [1.807, 2.05) is 31.2 Å². The lowest BCUT2D eigenvalue weighted by Gasteiger charge is -2.34. The van der Waals surface area contributed by atoms with Crippen molar-refractivity contribution in [1.29, 1.82) is 0 Å². The van der Waals surface area contributed by atoms with Gasteiger partial charge in [0.05, 0.1) is 26.4 Å². The highest BCUT2D eigenvalue weighted by Crippen LogP contribution is 2.29. The molecular weight excluding hydrogens is 220 g/mol. The zero-order valence-corrected chi connectivity index (χ0v) is 10.1. The van der Waals surface area contributed by atoms with Gasteiger partial charge in [0.2, 0.25) is 0 Å². The van der Waals surface area contributed by atoms with Crippen LogP contribution in [0.15, 0.2) is 24.3 Å². The van der Waals surface area contributed by atoms with Gasteiger partial charge in [-0.2, -0.15) is 0 Å². The van der Waals surface area contributed by atoms with Crippen molar-refractivity contribution in [3.8, 4) is 5.75 Å². The molecule has 2 rings (SSSR count). The van der Waals surface area contributed by atoms with Crippen molar-refractivity contribution in [2.75, 3.05) is 20.3 Å². The fourth-order valence-electron chi connectivity index (χ4n) is 1.84. The highest BCUT2D eigenvalue weighted by Gasteiger charge is 2.29. The molecule has 0 bridgehead atoms. The average molecular weight is 238 g/mol. The van der Waals surface area contributed by atoms with Crippen molar-refractivity contribution in [3.05, 3.63) is 29.8 Å². The largest absolute Gasteiger partial charge is 0.497 e. The van der Waals surface area contributed by atoms with Gasteiger partial charge < -0.3 is 19.3 Å². The van der Waals surface area contributed by atoms with E-state index in [1.54, 1.807) is 7.11 Å². The zero-order chi connectivity index (χ0) is 12.3. The summed E-state index contributed by atoms with van der Waals surface area (Å²) in [5.74, 6) is 1.02. The topological polar surface area (TPSA) is 47.9 Å². The first-order valence-corrected chi connectivity index (χ1v) is 5.76. The van der Waals surface area contributed by atoms with E-state index < -0.39 is 6.29 Å². The lowest BCUT2D eigenvalue weighted by Crippen LogP contribution is -2.36. The quantitative estimate of drug-likeness (QED) is 0.871. The molecule has 1 aliphatic heterocycles. The van der Waals surface area contributed by atoms with Crippen LogP contribution in [0.4, 0.5) is 0 Å². The van der Waals surface area contributed by atoms with Gasteiger partial charge in [0.15, 0.2) is 6.29 Å². The van der Waals surface area contributed by atoms with Gasteiger partial charge in [-0.3, -0.25) is 0 Å². The van der Waals surface area contributed by atoms with Crippen molar-refractivity contribution in [2.45, 2.75) is 19.3 Å². The molecule has 0 saturated carbocycles. The van der Waals surface area contributed by atoms with Gasteiger partial charge in [-0.05, 0) is 12.1 Å². The van der Waals surface area contributed by atoms with Gasteiger partial charge in [0.1, 0.15) is 5.75 Å². The molecule has 4 nitrogen and oxygen atoms in total. The van der Waals surface area contributed by atoms with Crippen LogP contribution in [0.1, 0.15) is 18.8 Å². The van der Waals surface area contributed by atoms with E-state index in [-0.39, 0.29) is 18.6 Å². The number of hydrogen-bond acceptors (Lipinski definition) is 4. The monoisotopic (exact) mass is 238 g/mol. The predicted octanol–water partition coefficient (Wildman–Crippen LogP) is 1.74. The second kappa shape index (κ2) is 5.49. The molecule has 1 aliphatic rings. The Morgan fingerprint density at radius 3 is 2.65 bits per heavy atom. The van der Waals surface area contributed by atoms with Crippen LogP contribution < -0.4 is 4.74 Å². The Labute approximate surface area is 101 Å². The summed E-state index contributed by atoms with van der Waals surface area (Å²) in [6, 6.07) is 7.56. The molecule has 3 atom stereocenters. The normalized spacial score (nSPS) is 29.0. The predicted molar refractivity (Wildman–Crippen MR) is 62.8 cm³/mol. The molecule has 1 aromatic rings. The Kier molecular flexibility index (Phi) is 3.99. The molecule has 17 heavy (non-hydrogen) atoms. The van der Waals surface area contributed by atoms with Crippen LogP contribution in [0.3, 0.4) is 0 Å². The minimum absolute atomic E-state index is 0.0250. The van der Waals surface area contributed by atoms with Gasteiger partial charge in [-0.1, -0.05) is 19.1 Å². The lowest BCUT2D eigenvalue weighted by molar-refractivity contribution is -0.245. The SMILES string of the molecule is COc1ccc([C@H]2OC[C@H](C)[C@@H](CO)O2)cc1. The maximum absolute atomic E-state index is 9.21. The molecule has 0 radical (unpaired) electrons. The summed E-state index contributed by atoms with van der Waals surface area (Å²) in [5.41, 5.74) is 0.941. The second-order valence-corrected chi connectivity index (χ2v) is 4.27. The summed E-state index contributed by atoms with van der Waals surface area (Å²) in [6.45, 7) is 2.63. The number of hydrogen-bond donors (Lipinski definition) is 1. The fraction of sp³-hybridized carbons (Fsp3) is 0.538. The molecule has 0 amide bonds. The van der Waals surface area contributed by atoms with E-state index in [2.05, 4.69) is 0 Å². The van der Waals surface area contributed by atoms with E-state index in [9.17, 15) is 5.11 Å². The van der Waals surface area contributed by atoms with Gasteiger partial charge in [-0.25, -0.2) is 0 Å². The summed E-state index contributed by atoms with van der Waals surface area (Å²) >= 11 is 0. The van der Waals surface area contributed by atoms with Crippen molar-refractivity contribution in [2.24, 2.45) is 5.92 Å². The third-order valence-electron chi connectivity index (χ3n) is 3.01. The Balaban J connectivity index is 2.06. The third kappa shape index (κ3) is 2.77. The van der Waals surface area contributed by atoms with Gasteiger partial charge >= 0.3 is 0 Å². The first-order chi connectivity index (χ1) is 8.24. The molecule has 0 aromatic heterocycles. The Bertz CT molecular complexity index is 349. The van der Waals surface area contributed by atoms with E-state index >= 15 is 0 Å². The van der Waals surface area contributed by atoms with Gasteiger partial charge in [0.25, 0.3) is 0 Å². The summed E-state index contributed by atoms with van der Waals surface area (Å²) in [5, 5.41) is 9.21. The molecule has 1 N–H and O–H groups in total. The molecule has 1 fully saturated rings. The number of aliphatic hydroxyl groups excluding tert-OH is 1. The van der Waals surface area contributed by atoms with E-state index in [4.69, 9.17) is 14.2 Å². The minimum Gasteiger partial charge on any atom is -0.497 e. The van der Waals surface area contributed by atoms with Crippen LogP contribution >= 0.6 is 0 Å². The number of rotatable bonds is 3. The lowest BCUT2D eigenvalue weighted by atomic mass is 10.0. The van der Waals surface area contributed by atoms with Crippen LogP contribution in [-0.2, 0) is 9.47 Å².